The van der Waals surface area contributed by atoms with Crippen LogP contribution in [0.3, 0.4) is 0 Å². The van der Waals surface area contributed by atoms with Crippen molar-refractivity contribution in [2.45, 2.75) is 32.9 Å². The van der Waals surface area contributed by atoms with Crippen molar-refractivity contribution in [3.8, 4) is 0 Å². The second-order valence-corrected chi connectivity index (χ2v) is 8.63. The van der Waals surface area contributed by atoms with Crippen LogP contribution >= 0.6 is 0 Å². The molecule has 33 heavy (non-hydrogen) atoms. The van der Waals surface area contributed by atoms with E-state index < -0.39 is 5.97 Å². The maximum absolute atomic E-state index is 12.4. The Hall–Kier alpha value is -3.63. The second-order valence-electron chi connectivity index (χ2n) is 8.63. The summed E-state index contributed by atoms with van der Waals surface area (Å²) in [6.45, 7) is 9.79. The highest BCUT2D eigenvalue weighted by atomic mass is 16.4. The van der Waals surface area contributed by atoms with Gasteiger partial charge in [0, 0.05) is 36.1 Å². The van der Waals surface area contributed by atoms with E-state index in [9.17, 15) is 9.90 Å². The number of nitrogens with one attached hydrogen (secondary N) is 1. The molecule has 3 aromatic carbocycles. The van der Waals surface area contributed by atoms with E-state index in [1.54, 1.807) is 6.08 Å². The van der Waals surface area contributed by atoms with Gasteiger partial charge in [-0.25, -0.2) is 4.79 Å². The highest BCUT2D eigenvalue weighted by molar-refractivity contribution is 5.98. The minimum Gasteiger partial charge on any atom is -0.477 e. The van der Waals surface area contributed by atoms with Crippen molar-refractivity contribution in [2.75, 3.05) is 6.54 Å². The van der Waals surface area contributed by atoms with Gasteiger partial charge in [0.05, 0.1) is 0 Å². The highest BCUT2D eigenvalue weighted by Crippen LogP contribution is 2.29. The number of aromatic carboxylic acids is 1. The minimum absolute atomic E-state index is 0.332. The molecule has 0 bridgehead atoms. The zero-order valence-corrected chi connectivity index (χ0v) is 19.2. The predicted octanol–water partition coefficient (Wildman–Crippen LogP) is 6.23. The molecule has 4 heteroatoms. The first-order chi connectivity index (χ1) is 16.0. The van der Waals surface area contributed by atoms with Gasteiger partial charge in [0.25, 0.3) is 0 Å². The Labute approximate surface area is 195 Å². The molecule has 0 amide bonds. The van der Waals surface area contributed by atoms with Gasteiger partial charge in [-0.3, -0.25) is 0 Å². The molecule has 0 aliphatic heterocycles. The lowest BCUT2D eigenvalue weighted by Crippen LogP contribution is -2.21. The average molecular weight is 439 g/mol. The van der Waals surface area contributed by atoms with Gasteiger partial charge in [-0.05, 0) is 41.2 Å². The van der Waals surface area contributed by atoms with Crippen molar-refractivity contribution >= 4 is 22.9 Å². The quantitative estimate of drug-likeness (QED) is 0.326. The first-order valence-electron chi connectivity index (χ1n) is 11.3. The number of benzene rings is 3. The molecule has 2 N–H and O–H groups in total. The largest absolute Gasteiger partial charge is 0.477 e. The fourth-order valence-electron chi connectivity index (χ4n) is 4.37. The molecule has 0 aliphatic rings. The monoisotopic (exact) mass is 438 g/mol. The van der Waals surface area contributed by atoms with E-state index in [0.29, 0.717) is 24.7 Å². The van der Waals surface area contributed by atoms with Crippen molar-refractivity contribution in [1.29, 1.82) is 0 Å². The van der Waals surface area contributed by atoms with E-state index in [0.717, 1.165) is 39.7 Å². The summed E-state index contributed by atoms with van der Waals surface area (Å²) < 4.78 is 1.94. The molecule has 0 radical (unpaired) electrons. The predicted molar refractivity (Wildman–Crippen MR) is 136 cm³/mol. The van der Waals surface area contributed by atoms with E-state index >= 15 is 0 Å². The molecule has 168 valence electrons. The lowest BCUT2D eigenvalue weighted by atomic mass is 10.0. The van der Waals surface area contributed by atoms with E-state index in [1.165, 1.54) is 5.56 Å². The Morgan fingerprint density at radius 2 is 1.82 bits per heavy atom. The number of nitrogens with zero attached hydrogens (tertiary/aromatic N) is 1. The topological polar surface area (TPSA) is 54.3 Å². The normalized spacial score (nSPS) is 12.1. The van der Waals surface area contributed by atoms with Gasteiger partial charge in [-0.15, -0.1) is 0 Å². The molecule has 0 fully saturated rings. The number of aromatic nitrogens is 1. The lowest BCUT2D eigenvalue weighted by molar-refractivity contribution is 0.0684. The fourth-order valence-corrected chi connectivity index (χ4v) is 4.37. The highest BCUT2D eigenvalue weighted by Gasteiger charge is 2.22. The molecule has 0 saturated heterocycles. The molecule has 0 spiro atoms. The summed E-state index contributed by atoms with van der Waals surface area (Å²) in [5.74, 6) is -0.571. The molecule has 4 nitrogen and oxygen atoms in total. The fraction of sp³-hybridized carbons (Fsp3) is 0.207. The van der Waals surface area contributed by atoms with Crippen LogP contribution in [0.25, 0.3) is 17.0 Å². The molecule has 1 heterocycles. The van der Waals surface area contributed by atoms with Crippen molar-refractivity contribution in [1.82, 2.24) is 9.88 Å². The zero-order chi connectivity index (χ0) is 23.4. The van der Waals surface area contributed by atoms with Gasteiger partial charge in [0.2, 0.25) is 0 Å². The SMILES string of the molecule is C=Cc1ccc(Cn2c(C(=O)O)c(CNCC(C)c3ccccc3)c3ccc(C)cc32)cc1. The van der Waals surface area contributed by atoms with Gasteiger partial charge < -0.3 is 15.0 Å². The Balaban J connectivity index is 1.67. The average Bonchev–Trinajstić information content (AvgIpc) is 3.12. The van der Waals surface area contributed by atoms with Crippen molar-refractivity contribution in [3.05, 3.63) is 113 Å². The first kappa shape index (κ1) is 22.6. The number of fused-ring (bicyclic) bond motifs is 1. The van der Waals surface area contributed by atoms with Crippen LogP contribution in [0.4, 0.5) is 0 Å². The smallest absolute Gasteiger partial charge is 0.352 e. The zero-order valence-electron chi connectivity index (χ0n) is 19.2. The van der Waals surface area contributed by atoms with Crippen molar-refractivity contribution in [3.63, 3.8) is 0 Å². The summed E-state index contributed by atoms with van der Waals surface area (Å²) in [5, 5.41) is 14.7. The van der Waals surface area contributed by atoms with Gasteiger partial charge >= 0.3 is 5.97 Å². The van der Waals surface area contributed by atoms with Gasteiger partial charge in [-0.1, -0.05) is 86.3 Å². The molecular weight excluding hydrogens is 408 g/mol. The molecular formula is C29H30N2O2. The van der Waals surface area contributed by atoms with Crippen LogP contribution in [-0.4, -0.2) is 22.2 Å². The number of hydrogen-bond donors (Lipinski definition) is 2. The standard InChI is InChI=1S/C29H30N2O2/c1-4-22-11-13-23(14-12-22)19-31-27-16-20(2)10-15-25(27)26(28(31)29(32)33)18-30-17-21(3)24-8-6-5-7-9-24/h4-16,21,30H,1,17-19H2,2-3H3,(H,32,33). The molecule has 4 aromatic rings. The minimum atomic E-state index is -0.903. The third-order valence-corrected chi connectivity index (χ3v) is 6.20. The molecule has 4 rings (SSSR count). The van der Waals surface area contributed by atoms with Crippen LogP contribution in [0.15, 0.2) is 79.4 Å². The van der Waals surface area contributed by atoms with E-state index in [2.05, 4.69) is 37.0 Å². The van der Waals surface area contributed by atoms with Gasteiger partial charge in [0.1, 0.15) is 5.69 Å². The molecule has 0 aliphatic carbocycles. The van der Waals surface area contributed by atoms with Gasteiger partial charge in [0.15, 0.2) is 0 Å². The lowest BCUT2D eigenvalue weighted by Gasteiger charge is -2.14. The number of hydrogen-bond acceptors (Lipinski definition) is 2. The number of carboxylic acids is 1. The second kappa shape index (κ2) is 9.88. The number of carbonyl (C=O) groups is 1. The third-order valence-electron chi connectivity index (χ3n) is 6.20. The van der Waals surface area contributed by atoms with Crippen molar-refractivity contribution in [2.24, 2.45) is 0 Å². The van der Waals surface area contributed by atoms with E-state index in [-0.39, 0.29) is 0 Å². The number of aryl methyl sites for hydroxylation is 1. The van der Waals surface area contributed by atoms with Crippen LogP contribution < -0.4 is 5.32 Å². The maximum atomic E-state index is 12.4. The Morgan fingerprint density at radius 1 is 1.09 bits per heavy atom. The van der Waals surface area contributed by atoms with E-state index in [1.807, 2.05) is 66.1 Å². The summed E-state index contributed by atoms with van der Waals surface area (Å²) in [4.78, 5) is 12.4. The first-order valence-corrected chi connectivity index (χ1v) is 11.3. The number of rotatable bonds is 9. The van der Waals surface area contributed by atoms with Crippen LogP contribution in [0.1, 0.15) is 51.1 Å². The number of carboxylic acid groups (broad SMARTS) is 1. The van der Waals surface area contributed by atoms with Gasteiger partial charge in [-0.2, -0.15) is 0 Å². The Bertz CT molecular complexity index is 1270. The molecule has 1 unspecified atom stereocenters. The Kier molecular flexibility index (Phi) is 6.76. The molecule has 0 saturated carbocycles. The van der Waals surface area contributed by atoms with Crippen LogP contribution in [0.5, 0.6) is 0 Å². The summed E-state index contributed by atoms with van der Waals surface area (Å²) in [7, 11) is 0. The van der Waals surface area contributed by atoms with Crippen LogP contribution in [0, 0.1) is 6.92 Å². The Morgan fingerprint density at radius 3 is 2.48 bits per heavy atom. The molecule has 1 aromatic heterocycles. The van der Waals surface area contributed by atoms with Crippen molar-refractivity contribution < 1.29 is 9.90 Å². The summed E-state index contributed by atoms with van der Waals surface area (Å²) in [5.41, 5.74) is 6.61. The van der Waals surface area contributed by atoms with Crippen LogP contribution in [-0.2, 0) is 13.1 Å². The van der Waals surface area contributed by atoms with Crippen LogP contribution in [0.2, 0.25) is 0 Å². The maximum Gasteiger partial charge on any atom is 0.352 e. The molecule has 1 atom stereocenters. The summed E-state index contributed by atoms with van der Waals surface area (Å²) in [6.07, 6.45) is 1.81. The summed E-state index contributed by atoms with van der Waals surface area (Å²) >= 11 is 0. The third kappa shape index (κ3) is 4.91. The van der Waals surface area contributed by atoms with E-state index in [4.69, 9.17) is 0 Å². The summed E-state index contributed by atoms with van der Waals surface area (Å²) in [6, 6.07) is 24.6.